The van der Waals surface area contributed by atoms with Crippen molar-refractivity contribution in [3.63, 3.8) is 0 Å². The summed E-state index contributed by atoms with van der Waals surface area (Å²) in [6.45, 7) is 6.08. The largest absolute Gasteiger partial charge is 0.494 e. The number of para-hydroxylation sites is 1. The van der Waals surface area contributed by atoms with Crippen LogP contribution in [0.5, 0.6) is 5.75 Å². The molecule has 1 aliphatic heterocycles. The van der Waals surface area contributed by atoms with Gasteiger partial charge in [-0.3, -0.25) is 4.79 Å². The highest BCUT2D eigenvalue weighted by Crippen LogP contribution is 2.39. The summed E-state index contributed by atoms with van der Waals surface area (Å²) in [4.78, 5) is 14.0. The van der Waals surface area contributed by atoms with Crippen molar-refractivity contribution in [3.8, 4) is 5.75 Å². The fraction of sp³-hybridized carbons (Fsp3) is 0.462. The molecule has 1 aromatic rings. The molecule has 92 valence electrons. The van der Waals surface area contributed by atoms with Crippen molar-refractivity contribution >= 4 is 17.3 Å². The molecule has 17 heavy (non-hydrogen) atoms. The van der Waals surface area contributed by atoms with E-state index >= 15 is 0 Å². The van der Waals surface area contributed by atoms with Gasteiger partial charge in [-0.15, -0.1) is 0 Å². The molecule has 0 bridgehead atoms. The third kappa shape index (κ3) is 1.84. The number of ether oxygens (including phenoxy) is 1. The zero-order valence-corrected chi connectivity index (χ0v) is 10.7. The molecule has 0 saturated carbocycles. The van der Waals surface area contributed by atoms with E-state index in [1.807, 2.05) is 25.1 Å². The third-order valence-electron chi connectivity index (χ3n) is 3.10. The van der Waals surface area contributed by atoms with E-state index in [9.17, 15) is 4.79 Å². The Labute approximate surface area is 102 Å². The van der Waals surface area contributed by atoms with Gasteiger partial charge in [0.2, 0.25) is 5.91 Å². The molecular formula is C13H18N2O2. The second kappa shape index (κ2) is 4.28. The second-order valence-electron chi connectivity index (χ2n) is 4.52. The smallest absolute Gasteiger partial charge is 0.246 e. The number of benzene rings is 1. The zero-order chi connectivity index (χ0) is 12.6. The Hall–Kier alpha value is -1.71. The van der Waals surface area contributed by atoms with Crippen LogP contribution >= 0.6 is 0 Å². The number of hydrogen-bond acceptors (Lipinski definition) is 3. The van der Waals surface area contributed by atoms with Crippen molar-refractivity contribution in [2.75, 3.05) is 17.3 Å². The van der Waals surface area contributed by atoms with E-state index < -0.39 is 0 Å². The van der Waals surface area contributed by atoms with Crippen molar-refractivity contribution in [1.82, 2.24) is 0 Å². The summed E-state index contributed by atoms with van der Waals surface area (Å²) in [6, 6.07) is 5.91. The Balaban J connectivity index is 2.56. The monoisotopic (exact) mass is 234 g/mol. The maximum Gasteiger partial charge on any atom is 0.246 e. The van der Waals surface area contributed by atoms with Gasteiger partial charge < -0.3 is 15.0 Å². The third-order valence-corrected chi connectivity index (χ3v) is 3.10. The molecule has 4 heteroatoms. The van der Waals surface area contributed by atoms with Crippen molar-refractivity contribution in [2.24, 2.45) is 0 Å². The number of rotatable bonds is 2. The van der Waals surface area contributed by atoms with Crippen LogP contribution in [0.25, 0.3) is 0 Å². The molecule has 1 aromatic carbocycles. The summed E-state index contributed by atoms with van der Waals surface area (Å²) in [6.07, 6.45) is 0. The molecular weight excluding hydrogens is 216 g/mol. The summed E-state index contributed by atoms with van der Waals surface area (Å²) in [5.74, 6) is 0.712. The number of nitrogens with one attached hydrogen (secondary N) is 1. The molecule has 1 N–H and O–H groups in total. The number of carbonyl (C=O) groups is 1. The Morgan fingerprint density at radius 1 is 1.41 bits per heavy atom. The maximum atomic E-state index is 11.9. The van der Waals surface area contributed by atoms with Crippen LogP contribution in [0.1, 0.15) is 20.8 Å². The quantitative estimate of drug-likeness (QED) is 0.853. The molecule has 1 unspecified atom stereocenters. The Bertz CT molecular complexity index is 443. The minimum atomic E-state index is -0.158. The second-order valence-corrected chi connectivity index (χ2v) is 4.52. The van der Waals surface area contributed by atoms with Crippen LogP contribution in [0, 0.1) is 0 Å². The van der Waals surface area contributed by atoms with Gasteiger partial charge in [0.05, 0.1) is 12.8 Å². The Morgan fingerprint density at radius 2 is 2.12 bits per heavy atom. The molecule has 0 spiro atoms. The molecule has 1 heterocycles. The molecule has 1 aliphatic rings. The molecule has 0 aromatic heterocycles. The minimum Gasteiger partial charge on any atom is -0.494 e. The van der Waals surface area contributed by atoms with E-state index in [0.717, 1.165) is 11.4 Å². The lowest BCUT2D eigenvalue weighted by Crippen LogP contribution is -2.49. The van der Waals surface area contributed by atoms with Crippen molar-refractivity contribution in [3.05, 3.63) is 18.2 Å². The highest BCUT2D eigenvalue weighted by Gasteiger charge is 2.32. The standard InChI is InChI=1S/C13H18N2O2/c1-8(2)15-9(3)13(16)14-12-10(15)6-5-7-11(12)17-4/h5-9H,1-4H3,(H,14,16). The minimum absolute atomic E-state index is 0.00991. The predicted octanol–water partition coefficient (Wildman–Crippen LogP) is 2.25. The first-order valence-corrected chi connectivity index (χ1v) is 5.82. The van der Waals surface area contributed by atoms with Crippen LogP contribution in [-0.2, 0) is 4.79 Å². The van der Waals surface area contributed by atoms with E-state index in [1.165, 1.54) is 0 Å². The first kappa shape index (κ1) is 11.8. The number of methoxy groups -OCH3 is 1. The van der Waals surface area contributed by atoms with E-state index in [0.29, 0.717) is 5.75 Å². The fourth-order valence-electron chi connectivity index (χ4n) is 2.32. The molecule has 4 nitrogen and oxygen atoms in total. The highest BCUT2D eigenvalue weighted by atomic mass is 16.5. The van der Waals surface area contributed by atoms with Gasteiger partial charge in [-0.05, 0) is 32.9 Å². The van der Waals surface area contributed by atoms with Crippen LogP contribution in [0.2, 0.25) is 0 Å². The SMILES string of the molecule is COc1cccc2c1NC(=O)C(C)N2C(C)C. The van der Waals surface area contributed by atoms with Crippen LogP contribution < -0.4 is 15.0 Å². The van der Waals surface area contributed by atoms with Gasteiger partial charge in [-0.1, -0.05) is 6.07 Å². The number of carbonyl (C=O) groups excluding carboxylic acids is 1. The van der Waals surface area contributed by atoms with E-state index in [2.05, 4.69) is 24.1 Å². The van der Waals surface area contributed by atoms with Crippen molar-refractivity contribution < 1.29 is 9.53 Å². The number of nitrogens with zero attached hydrogens (tertiary/aromatic N) is 1. The fourth-order valence-corrected chi connectivity index (χ4v) is 2.32. The molecule has 1 amide bonds. The highest BCUT2D eigenvalue weighted by molar-refractivity contribution is 6.05. The van der Waals surface area contributed by atoms with Gasteiger partial charge in [0.1, 0.15) is 17.5 Å². The topological polar surface area (TPSA) is 41.6 Å². The average molecular weight is 234 g/mol. The van der Waals surface area contributed by atoms with Gasteiger partial charge in [0.25, 0.3) is 0 Å². The number of hydrogen-bond donors (Lipinski definition) is 1. The van der Waals surface area contributed by atoms with E-state index in [1.54, 1.807) is 7.11 Å². The van der Waals surface area contributed by atoms with E-state index in [4.69, 9.17) is 4.74 Å². The first-order chi connectivity index (χ1) is 8.06. The lowest BCUT2D eigenvalue weighted by Gasteiger charge is -2.39. The predicted molar refractivity (Wildman–Crippen MR) is 68.7 cm³/mol. The molecule has 0 aliphatic carbocycles. The van der Waals surface area contributed by atoms with E-state index in [-0.39, 0.29) is 18.0 Å². The summed E-state index contributed by atoms with van der Waals surface area (Å²) in [5, 5.41) is 2.91. The van der Waals surface area contributed by atoms with Crippen LogP contribution in [0.4, 0.5) is 11.4 Å². The summed E-state index contributed by atoms with van der Waals surface area (Å²) in [7, 11) is 1.61. The Morgan fingerprint density at radius 3 is 2.71 bits per heavy atom. The lowest BCUT2D eigenvalue weighted by atomic mass is 10.1. The summed E-state index contributed by atoms with van der Waals surface area (Å²) in [5.41, 5.74) is 1.79. The Kier molecular flexibility index (Phi) is 2.96. The van der Waals surface area contributed by atoms with Crippen LogP contribution in [0.3, 0.4) is 0 Å². The van der Waals surface area contributed by atoms with Crippen LogP contribution in [0.15, 0.2) is 18.2 Å². The van der Waals surface area contributed by atoms with Gasteiger partial charge in [0, 0.05) is 6.04 Å². The van der Waals surface area contributed by atoms with Gasteiger partial charge in [0.15, 0.2) is 0 Å². The first-order valence-electron chi connectivity index (χ1n) is 5.82. The average Bonchev–Trinajstić information content (AvgIpc) is 2.29. The van der Waals surface area contributed by atoms with Crippen LogP contribution in [-0.4, -0.2) is 25.1 Å². The normalized spacial score (nSPS) is 19.0. The molecule has 0 saturated heterocycles. The summed E-state index contributed by atoms with van der Waals surface area (Å²) < 4.78 is 5.28. The van der Waals surface area contributed by atoms with Gasteiger partial charge >= 0.3 is 0 Å². The molecule has 1 atom stereocenters. The molecule has 2 rings (SSSR count). The maximum absolute atomic E-state index is 11.9. The van der Waals surface area contributed by atoms with Gasteiger partial charge in [-0.25, -0.2) is 0 Å². The van der Waals surface area contributed by atoms with Gasteiger partial charge in [-0.2, -0.15) is 0 Å². The zero-order valence-electron chi connectivity index (χ0n) is 10.7. The molecule has 0 fully saturated rings. The van der Waals surface area contributed by atoms with Crippen molar-refractivity contribution in [2.45, 2.75) is 32.9 Å². The summed E-state index contributed by atoms with van der Waals surface area (Å²) >= 11 is 0. The lowest BCUT2D eigenvalue weighted by molar-refractivity contribution is -0.117. The number of fused-ring (bicyclic) bond motifs is 1. The number of amides is 1. The number of anilines is 2. The molecule has 0 radical (unpaired) electrons. The van der Waals surface area contributed by atoms with Crippen molar-refractivity contribution in [1.29, 1.82) is 0 Å².